The highest BCUT2D eigenvalue weighted by atomic mass is 28.4. The molecule has 2 rings (SSSR count). The molecule has 0 fully saturated rings. The quantitative estimate of drug-likeness (QED) is 0.477. The Morgan fingerprint density at radius 1 is 0.857 bits per heavy atom. The second-order valence-electron chi connectivity index (χ2n) is 11.0. The summed E-state index contributed by atoms with van der Waals surface area (Å²) in [7, 11) is -3.92. The maximum absolute atomic E-state index is 6.78. The van der Waals surface area contributed by atoms with E-state index in [-0.39, 0.29) is 22.3 Å². The summed E-state index contributed by atoms with van der Waals surface area (Å²) in [5, 5.41) is 0.279. The molecule has 1 aromatic rings. The van der Waals surface area contributed by atoms with Gasteiger partial charge in [-0.15, -0.1) is 0 Å². The van der Waals surface area contributed by atoms with E-state index in [1.54, 1.807) is 0 Å². The number of ether oxygens (including phenoxy) is 1. The van der Waals surface area contributed by atoms with Crippen molar-refractivity contribution in [1.82, 2.24) is 0 Å². The van der Waals surface area contributed by atoms with Gasteiger partial charge in [-0.2, -0.15) is 0 Å². The minimum atomic E-state index is -1.97. The molecular formula is C23H40O3Si2. The number of hydrogen-bond acceptors (Lipinski definition) is 3. The molecule has 0 saturated heterocycles. The molecule has 3 nitrogen and oxygen atoms in total. The van der Waals surface area contributed by atoms with Crippen LogP contribution in [0, 0.1) is 0 Å². The minimum Gasteiger partial charge on any atom is -0.545 e. The molecule has 0 spiro atoms. The molecule has 0 amide bonds. The molecule has 5 heteroatoms. The summed E-state index contributed by atoms with van der Waals surface area (Å²) in [4.78, 5) is 0. The number of benzene rings is 1. The van der Waals surface area contributed by atoms with Crippen molar-refractivity contribution in [3.05, 3.63) is 47.7 Å². The van der Waals surface area contributed by atoms with Gasteiger partial charge in [-0.25, -0.2) is 0 Å². The van der Waals surface area contributed by atoms with Gasteiger partial charge in [0.1, 0.15) is 18.0 Å². The molecule has 0 saturated carbocycles. The molecule has 0 radical (unpaired) electrons. The van der Waals surface area contributed by atoms with Gasteiger partial charge in [-0.3, -0.25) is 0 Å². The molecule has 158 valence electrons. The van der Waals surface area contributed by atoms with Crippen LogP contribution in [0.15, 0.2) is 42.2 Å². The molecular weight excluding hydrogens is 380 g/mol. The second kappa shape index (κ2) is 8.09. The van der Waals surface area contributed by atoms with E-state index >= 15 is 0 Å². The SMILES string of the molecule is CC(C)(C)[Si](C)(C)OC1=C[C@H](c2ccccc2)OC[C@H]1O[Si](C)(C)C(C)(C)C. The normalized spacial score (nSPS) is 22.0. The van der Waals surface area contributed by atoms with E-state index in [0.717, 1.165) is 11.3 Å². The van der Waals surface area contributed by atoms with Crippen molar-refractivity contribution < 1.29 is 13.6 Å². The van der Waals surface area contributed by atoms with Crippen molar-refractivity contribution in [2.24, 2.45) is 0 Å². The summed E-state index contributed by atoms with van der Waals surface area (Å²) >= 11 is 0. The van der Waals surface area contributed by atoms with Crippen LogP contribution in [0.1, 0.15) is 53.2 Å². The van der Waals surface area contributed by atoms with Crippen molar-refractivity contribution in [3.63, 3.8) is 0 Å². The van der Waals surface area contributed by atoms with E-state index in [9.17, 15) is 0 Å². The molecule has 28 heavy (non-hydrogen) atoms. The summed E-state index contributed by atoms with van der Waals surface area (Å²) in [6, 6.07) is 10.4. The third kappa shape index (κ3) is 5.38. The van der Waals surface area contributed by atoms with Crippen LogP contribution in [0.4, 0.5) is 0 Å². The van der Waals surface area contributed by atoms with Crippen LogP contribution in [-0.2, 0) is 13.6 Å². The largest absolute Gasteiger partial charge is 0.545 e. The Kier molecular flexibility index (Phi) is 6.76. The first-order valence-corrected chi connectivity index (χ1v) is 16.2. The average Bonchev–Trinajstić information content (AvgIpc) is 2.54. The lowest BCUT2D eigenvalue weighted by molar-refractivity contribution is -0.00568. The Labute approximate surface area is 174 Å². The second-order valence-corrected chi connectivity index (χ2v) is 20.4. The van der Waals surface area contributed by atoms with Gasteiger partial charge in [-0.05, 0) is 47.9 Å². The van der Waals surface area contributed by atoms with E-state index in [4.69, 9.17) is 13.6 Å². The van der Waals surface area contributed by atoms with Gasteiger partial charge in [0.25, 0.3) is 0 Å². The zero-order valence-electron chi connectivity index (χ0n) is 19.6. The number of hydrogen-bond donors (Lipinski definition) is 0. The molecule has 1 aliphatic heterocycles. The minimum absolute atomic E-state index is 0.0831. The molecule has 1 aliphatic rings. The van der Waals surface area contributed by atoms with Gasteiger partial charge in [0.2, 0.25) is 8.32 Å². The Hall–Kier alpha value is -0.886. The highest BCUT2D eigenvalue weighted by Gasteiger charge is 2.44. The highest BCUT2D eigenvalue weighted by Crippen LogP contribution is 2.43. The first-order valence-electron chi connectivity index (χ1n) is 10.4. The summed E-state index contributed by atoms with van der Waals surface area (Å²) in [6.45, 7) is 23.4. The Bertz CT molecular complexity index is 682. The standard InChI is InChI=1S/C23H40O3Si2/c1-22(2,3)27(7,8)25-20-16-19(18-14-12-11-13-15-18)24-17-21(20)26-28(9,10)23(4,5)6/h11-16,19,21H,17H2,1-10H3/t19-,21-/m1/s1. The van der Waals surface area contributed by atoms with Crippen molar-refractivity contribution in [2.45, 2.75) is 90.0 Å². The van der Waals surface area contributed by atoms with Crippen molar-refractivity contribution >= 4 is 16.6 Å². The fourth-order valence-electron chi connectivity index (χ4n) is 2.58. The Morgan fingerprint density at radius 3 is 1.89 bits per heavy atom. The van der Waals surface area contributed by atoms with Gasteiger partial charge in [0, 0.05) is 0 Å². The zero-order valence-corrected chi connectivity index (χ0v) is 21.6. The number of rotatable bonds is 5. The zero-order chi connectivity index (χ0) is 21.4. The molecule has 1 aromatic carbocycles. The summed E-state index contributed by atoms with van der Waals surface area (Å²) in [5.41, 5.74) is 1.16. The maximum atomic E-state index is 6.78. The van der Waals surface area contributed by atoms with Crippen LogP contribution in [0.3, 0.4) is 0 Å². The third-order valence-electron chi connectivity index (χ3n) is 6.61. The monoisotopic (exact) mass is 420 g/mol. The van der Waals surface area contributed by atoms with Gasteiger partial charge in [0.15, 0.2) is 8.32 Å². The third-order valence-corrected chi connectivity index (χ3v) is 15.5. The molecule has 2 atom stereocenters. The lowest BCUT2D eigenvalue weighted by Gasteiger charge is -2.44. The predicted octanol–water partition coefficient (Wildman–Crippen LogP) is 7.05. The first-order chi connectivity index (χ1) is 12.6. The van der Waals surface area contributed by atoms with Crippen LogP contribution in [0.2, 0.25) is 36.3 Å². The molecule has 0 bridgehead atoms. The van der Waals surface area contributed by atoms with Gasteiger partial charge >= 0.3 is 0 Å². The van der Waals surface area contributed by atoms with E-state index in [1.807, 2.05) is 6.07 Å². The van der Waals surface area contributed by atoms with Crippen LogP contribution in [-0.4, -0.2) is 29.3 Å². The van der Waals surface area contributed by atoms with Crippen molar-refractivity contribution in [2.75, 3.05) is 6.61 Å². The van der Waals surface area contributed by atoms with Crippen molar-refractivity contribution in [3.8, 4) is 0 Å². The van der Waals surface area contributed by atoms with E-state index in [2.05, 4.69) is 98.1 Å². The Morgan fingerprint density at radius 2 is 1.39 bits per heavy atom. The average molecular weight is 421 g/mol. The summed E-state index contributed by atoms with van der Waals surface area (Å²) in [6.07, 6.45) is 1.94. The fourth-order valence-corrected chi connectivity index (χ4v) is 4.93. The van der Waals surface area contributed by atoms with Crippen LogP contribution in [0.25, 0.3) is 0 Å². The van der Waals surface area contributed by atoms with E-state index in [0.29, 0.717) is 6.61 Å². The molecule has 0 aliphatic carbocycles. The topological polar surface area (TPSA) is 27.7 Å². The highest BCUT2D eigenvalue weighted by molar-refractivity contribution is 6.74. The lowest BCUT2D eigenvalue weighted by Crippen LogP contribution is -2.49. The first kappa shape index (κ1) is 23.4. The molecule has 0 unspecified atom stereocenters. The van der Waals surface area contributed by atoms with E-state index < -0.39 is 16.6 Å². The molecule has 0 N–H and O–H groups in total. The van der Waals surface area contributed by atoms with Crippen LogP contribution in [0.5, 0.6) is 0 Å². The van der Waals surface area contributed by atoms with Crippen LogP contribution < -0.4 is 0 Å². The summed E-state index contributed by atoms with van der Waals surface area (Å²) < 4.78 is 19.7. The van der Waals surface area contributed by atoms with Gasteiger partial charge < -0.3 is 13.6 Å². The Balaban J connectivity index is 2.37. The van der Waals surface area contributed by atoms with Crippen LogP contribution >= 0.6 is 0 Å². The summed E-state index contributed by atoms with van der Waals surface area (Å²) in [5.74, 6) is 0.969. The fraction of sp³-hybridized carbons (Fsp3) is 0.652. The molecule has 1 heterocycles. The predicted molar refractivity (Wildman–Crippen MR) is 124 cm³/mol. The van der Waals surface area contributed by atoms with Gasteiger partial charge in [-0.1, -0.05) is 71.9 Å². The lowest BCUT2D eigenvalue weighted by atomic mass is 10.1. The smallest absolute Gasteiger partial charge is 0.250 e. The van der Waals surface area contributed by atoms with Crippen molar-refractivity contribution in [1.29, 1.82) is 0 Å². The maximum Gasteiger partial charge on any atom is 0.250 e. The van der Waals surface area contributed by atoms with Gasteiger partial charge in [0.05, 0.1) is 6.61 Å². The van der Waals surface area contributed by atoms with E-state index in [1.165, 1.54) is 0 Å². The molecule has 0 aromatic heterocycles.